The molecule has 4 nitrogen and oxygen atoms in total. The average Bonchev–Trinajstić information content (AvgIpc) is 3.08. The van der Waals surface area contributed by atoms with Crippen molar-refractivity contribution < 1.29 is 9.90 Å². The zero-order valence-electron chi connectivity index (χ0n) is 9.47. The van der Waals surface area contributed by atoms with E-state index in [9.17, 15) is 4.79 Å². The van der Waals surface area contributed by atoms with Crippen molar-refractivity contribution in [3.05, 3.63) is 21.8 Å². The Morgan fingerprint density at radius 2 is 2.33 bits per heavy atom. The number of nitrogens with zero attached hydrogens (tertiary/aromatic N) is 2. The number of aliphatic carboxylic acids is 1. The van der Waals surface area contributed by atoms with E-state index >= 15 is 0 Å². The molecule has 1 aromatic heterocycles. The van der Waals surface area contributed by atoms with Gasteiger partial charge in [-0.2, -0.15) is 0 Å². The maximum Gasteiger partial charge on any atom is 0.313 e. The number of halogens is 1. The molecule has 18 heavy (non-hydrogen) atoms. The van der Waals surface area contributed by atoms with Gasteiger partial charge in [0.25, 0.3) is 0 Å². The van der Waals surface area contributed by atoms with E-state index in [4.69, 9.17) is 5.11 Å². The molecule has 1 aliphatic rings. The fraction of sp³-hybridized carbons (Fsp3) is 0.333. The van der Waals surface area contributed by atoms with Crippen molar-refractivity contribution in [2.75, 3.05) is 5.75 Å². The smallest absolute Gasteiger partial charge is 0.313 e. The molecule has 1 heterocycles. The first-order valence-electron chi connectivity index (χ1n) is 5.67. The Kier molecular flexibility index (Phi) is 3.23. The predicted octanol–water partition coefficient (Wildman–Crippen LogP) is 3.15. The third kappa shape index (κ3) is 2.35. The minimum Gasteiger partial charge on any atom is -0.481 e. The largest absolute Gasteiger partial charge is 0.481 e. The second-order valence-electron chi connectivity index (χ2n) is 4.31. The van der Waals surface area contributed by atoms with E-state index in [-0.39, 0.29) is 5.75 Å². The highest BCUT2D eigenvalue weighted by Crippen LogP contribution is 2.41. The van der Waals surface area contributed by atoms with Gasteiger partial charge in [0.05, 0.1) is 16.8 Å². The van der Waals surface area contributed by atoms with Gasteiger partial charge in [-0.1, -0.05) is 11.8 Å². The Labute approximate surface area is 122 Å². The summed E-state index contributed by atoms with van der Waals surface area (Å²) < 4.78 is 3.34. The summed E-state index contributed by atoms with van der Waals surface area (Å²) in [6, 6.07) is 6.69. The molecule has 0 aliphatic heterocycles. The van der Waals surface area contributed by atoms with Gasteiger partial charge in [-0.25, -0.2) is 4.98 Å². The van der Waals surface area contributed by atoms with Crippen LogP contribution in [0.15, 0.2) is 23.4 Å². The molecule has 3 rings (SSSR count). The fourth-order valence-corrected chi connectivity index (χ4v) is 3.24. The molecule has 94 valence electrons. The third-order valence-electron chi connectivity index (χ3n) is 2.86. The van der Waals surface area contributed by atoms with Crippen LogP contribution in [-0.2, 0) is 4.79 Å². The standard InChI is InChI=1S/C12H11IN2O2S/c13-7-1-4-10-9(5-7)14-12(18-6-11(16)17)15(10)8-2-3-8/h1,4-5,8H,2-3,6H2,(H,16,17). The first-order chi connectivity index (χ1) is 8.65. The van der Waals surface area contributed by atoms with Gasteiger partial charge in [-0.3, -0.25) is 4.79 Å². The number of rotatable bonds is 4. The van der Waals surface area contributed by atoms with Crippen molar-refractivity contribution in [2.24, 2.45) is 0 Å². The zero-order chi connectivity index (χ0) is 12.7. The van der Waals surface area contributed by atoms with Crippen molar-refractivity contribution in [3.8, 4) is 0 Å². The van der Waals surface area contributed by atoms with E-state index in [2.05, 4.69) is 44.3 Å². The van der Waals surface area contributed by atoms with Gasteiger partial charge in [0.15, 0.2) is 5.16 Å². The SMILES string of the molecule is O=C(O)CSc1nc2cc(I)ccc2n1C1CC1. The summed E-state index contributed by atoms with van der Waals surface area (Å²) >= 11 is 3.57. The Morgan fingerprint density at radius 3 is 3.00 bits per heavy atom. The van der Waals surface area contributed by atoms with Crippen LogP contribution in [0, 0.1) is 3.57 Å². The summed E-state index contributed by atoms with van der Waals surface area (Å²) in [5.74, 6) is -0.739. The first kappa shape index (κ1) is 12.3. The Balaban J connectivity index is 2.05. The quantitative estimate of drug-likeness (QED) is 0.660. The van der Waals surface area contributed by atoms with Gasteiger partial charge >= 0.3 is 5.97 Å². The summed E-state index contributed by atoms with van der Waals surface area (Å²) in [4.78, 5) is 15.2. The van der Waals surface area contributed by atoms with Gasteiger partial charge in [0.1, 0.15) is 0 Å². The third-order valence-corrected chi connectivity index (χ3v) is 4.46. The second kappa shape index (κ2) is 4.73. The van der Waals surface area contributed by atoms with E-state index in [1.807, 2.05) is 6.07 Å². The molecular formula is C12H11IN2O2S. The molecule has 1 aliphatic carbocycles. The molecule has 0 unspecified atom stereocenters. The average molecular weight is 374 g/mol. The molecular weight excluding hydrogens is 363 g/mol. The van der Waals surface area contributed by atoms with Gasteiger partial charge in [0, 0.05) is 9.61 Å². The van der Waals surface area contributed by atoms with E-state index < -0.39 is 5.97 Å². The highest BCUT2D eigenvalue weighted by molar-refractivity contribution is 14.1. The lowest BCUT2D eigenvalue weighted by Gasteiger charge is -2.05. The zero-order valence-corrected chi connectivity index (χ0v) is 12.4. The van der Waals surface area contributed by atoms with E-state index in [0.717, 1.165) is 32.6 Å². The van der Waals surface area contributed by atoms with Crippen molar-refractivity contribution >= 4 is 51.4 Å². The summed E-state index contributed by atoms with van der Waals surface area (Å²) in [6.07, 6.45) is 2.33. The summed E-state index contributed by atoms with van der Waals surface area (Å²) in [5, 5.41) is 9.61. The van der Waals surface area contributed by atoms with Crippen molar-refractivity contribution in [2.45, 2.75) is 24.0 Å². The Morgan fingerprint density at radius 1 is 1.56 bits per heavy atom. The maximum absolute atomic E-state index is 10.7. The molecule has 1 fully saturated rings. The van der Waals surface area contributed by atoms with Crippen LogP contribution in [0.1, 0.15) is 18.9 Å². The van der Waals surface area contributed by atoms with E-state index in [0.29, 0.717) is 6.04 Å². The lowest BCUT2D eigenvalue weighted by molar-refractivity contribution is -0.133. The predicted molar refractivity (Wildman–Crippen MR) is 79.1 cm³/mol. The number of carboxylic acids is 1. The number of carboxylic acid groups (broad SMARTS) is 1. The number of imidazole rings is 1. The molecule has 2 aromatic rings. The van der Waals surface area contributed by atoms with Crippen LogP contribution in [0.25, 0.3) is 11.0 Å². The van der Waals surface area contributed by atoms with Gasteiger partial charge < -0.3 is 9.67 Å². The molecule has 0 spiro atoms. The number of carbonyl (C=O) groups is 1. The normalized spacial score (nSPS) is 15.2. The first-order valence-corrected chi connectivity index (χ1v) is 7.73. The van der Waals surface area contributed by atoms with Gasteiger partial charge in [-0.15, -0.1) is 0 Å². The summed E-state index contributed by atoms with van der Waals surface area (Å²) in [6.45, 7) is 0. The molecule has 0 radical (unpaired) electrons. The van der Waals surface area contributed by atoms with Crippen LogP contribution in [0.3, 0.4) is 0 Å². The number of thioether (sulfide) groups is 1. The number of benzene rings is 1. The number of hydrogen-bond acceptors (Lipinski definition) is 3. The molecule has 0 saturated heterocycles. The molecule has 1 N–H and O–H groups in total. The lowest BCUT2D eigenvalue weighted by Crippen LogP contribution is -2.01. The minimum atomic E-state index is -0.802. The topological polar surface area (TPSA) is 55.1 Å². The van der Waals surface area contributed by atoms with Crippen LogP contribution in [-0.4, -0.2) is 26.4 Å². The van der Waals surface area contributed by atoms with E-state index in [1.165, 1.54) is 11.8 Å². The van der Waals surface area contributed by atoms with Crippen molar-refractivity contribution in [1.82, 2.24) is 9.55 Å². The van der Waals surface area contributed by atoms with Gasteiger partial charge in [0.2, 0.25) is 0 Å². The molecule has 6 heteroatoms. The van der Waals surface area contributed by atoms with Crippen LogP contribution in [0.5, 0.6) is 0 Å². The van der Waals surface area contributed by atoms with Crippen LogP contribution < -0.4 is 0 Å². The number of aromatic nitrogens is 2. The number of hydrogen-bond donors (Lipinski definition) is 1. The Hall–Kier alpha value is -0.760. The molecule has 0 amide bonds. The van der Waals surface area contributed by atoms with Crippen LogP contribution in [0.4, 0.5) is 0 Å². The monoisotopic (exact) mass is 374 g/mol. The van der Waals surface area contributed by atoms with Crippen LogP contribution in [0.2, 0.25) is 0 Å². The summed E-state index contributed by atoms with van der Waals surface area (Å²) in [7, 11) is 0. The van der Waals surface area contributed by atoms with Crippen molar-refractivity contribution in [3.63, 3.8) is 0 Å². The summed E-state index contributed by atoms with van der Waals surface area (Å²) in [5.41, 5.74) is 2.08. The molecule has 1 aromatic carbocycles. The Bertz CT molecular complexity index is 622. The number of fused-ring (bicyclic) bond motifs is 1. The second-order valence-corrected chi connectivity index (χ2v) is 6.50. The minimum absolute atomic E-state index is 0.0626. The maximum atomic E-state index is 10.7. The van der Waals surface area contributed by atoms with Crippen molar-refractivity contribution in [1.29, 1.82) is 0 Å². The highest BCUT2D eigenvalue weighted by Gasteiger charge is 2.28. The molecule has 1 saturated carbocycles. The molecule has 0 bridgehead atoms. The van der Waals surface area contributed by atoms with E-state index in [1.54, 1.807) is 0 Å². The molecule has 0 atom stereocenters. The van der Waals surface area contributed by atoms with Gasteiger partial charge in [-0.05, 0) is 53.6 Å². The lowest BCUT2D eigenvalue weighted by atomic mass is 10.3. The fourth-order valence-electron chi connectivity index (χ4n) is 1.96. The highest BCUT2D eigenvalue weighted by atomic mass is 127. The van der Waals surface area contributed by atoms with Crippen LogP contribution >= 0.6 is 34.4 Å².